The molecule has 0 spiro atoms. The van der Waals surface area contributed by atoms with Crippen molar-refractivity contribution >= 4 is 21.8 Å². The standard InChI is InChI=1S/C19H19BrFNO2/c20-15-8-9-18(17(21)12-15)24-13-19(23)22-10-4-7-16(22)11-14-5-2-1-3-6-14/h1-3,5-6,8-9,12,16H,4,7,10-11,13H2. The molecule has 1 saturated heterocycles. The number of hydrogen-bond donors (Lipinski definition) is 0. The molecule has 126 valence electrons. The molecule has 1 amide bonds. The highest BCUT2D eigenvalue weighted by Crippen LogP contribution is 2.23. The van der Waals surface area contributed by atoms with E-state index in [2.05, 4.69) is 28.1 Å². The zero-order chi connectivity index (χ0) is 16.9. The van der Waals surface area contributed by atoms with Crippen LogP contribution in [0.3, 0.4) is 0 Å². The first-order valence-corrected chi connectivity index (χ1v) is 8.84. The largest absolute Gasteiger partial charge is 0.481 e. The van der Waals surface area contributed by atoms with E-state index in [1.54, 1.807) is 6.07 Å². The van der Waals surface area contributed by atoms with Crippen LogP contribution in [-0.4, -0.2) is 30.0 Å². The SMILES string of the molecule is O=C(COc1ccc(Br)cc1F)N1CCCC1Cc1ccccc1. The van der Waals surface area contributed by atoms with Gasteiger partial charge in [-0.1, -0.05) is 46.3 Å². The van der Waals surface area contributed by atoms with E-state index in [4.69, 9.17) is 4.74 Å². The Balaban J connectivity index is 1.59. The summed E-state index contributed by atoms with van der Waals surface area (Å²) in [4.78, 5) is 14.3. The summed E-state index contributed by atoms with van der Waals surface area (Å²) < 4.78 is 19.8. The molecule has 1 unspecified atom stereocenters. The lowest BCUT2D eigenvalue weighted by Crippen LogP contribution is -2.39. The van der Waals surface area contributed by atoms with Crippen molar-refractivity contribution in [2.45, 2.75) is 25.3 Å². The summed E-state index contributed by atoms with van der Waals surface area (Å²) in [5, 5.41) is 0. The molecular formula is C19H19BrFNO2. The topological polar surface area (TPSA) is 29.5 Å². The first-order chi connectivity index (χ1) is 11.6. The molecule has 5 heteroatoms. The van der Waals surface area contributed by atoms with Crippen LogP contribution in [0.15, 0.2) is 53.0 Å². The Kier molecular flexibility index (Phi) is 5.51. The van der Waals surface area contributed by atoms with Crippen molar-refractivity contribution in [1.29, 1.82) is 0 Å². The van der Waals surface area contributed by atoms with Crippen LogP contribution in [0.2, 0.25) is 0 Å². The Bertz CT molecular complexity index is 708. The maximum absolute atomic E-state index is 13.8. The summed E-state index contributed by atoms with van der Waals surface area (Å²) in [6, 6.07) is 14.9. The molecule has 0 radical (unpaired) electrons. The first kappa shape index (κ1) is 17.0. The lowest BCUT2D eigenvalue weighted by molar-refractivity contribution is -0.134. The van der Waals surface area contributed by atoms with Crippen LogP contribution in [0.4, 0.5) is 4.39 Å². The van der Waals surface area contributed by atoms with E-state index >= 15 is 0 Å². The molecule has 2 aromatic rings. The predicted octanol–water partition coefficient (Wildman–Crippen LogP) is 4.20. The number of carbonyl (C=O) groups is 1. The van der Waals surface area contributed by atoms with E-state index in [0.29, 0.717) is 4.47 Å². The van der Waals surface area contributed by atoms with E-state index < -0.39 is 5.82 Å². The molecule has 0 N–H and O–H groups in total. The van der Waals surface area contributed by atoms with Crippen LogP contribution >= 0.6 is 15.9 Å². The molecule has 24 heavy (non-hydrogen) atoms. The fraction of sp³-hybridized carbons (Fsp3) is 0.316. The molecular weight excluding hydrogens is 373 g/mol. The van der Waals surface area contributed by atoms with E-state index in [-0.39, 0.29) is 24.3 Å². The van der Waals surface area contributed by atoms with Gasteiger partial charge in [-0.05, 0) is 43.0 Å². The molecule has 0 bridgehead atoms. The highest BCUT2D eigenvalue weighted by molar-refractivity contribution is 9.10. The maximum Gasteiger partial charge on any atom is 0.260 e. The van der Waals surface area contributed by atoms with Gasteiger partial charge in [0.2, 0.25) is 0 Å². The first-order valence-electron chi connectivity index (χ1n) is 8.05. The van der Waals surface area contributed by atoms with E-state index in [9.17, 15) is 9.18 Å². The minimum absolute atomic E-state index is 0.0873. The molecule has 1 atom stereocenters. The minimum Gasteiger partial charge on any atom is -0.481 e. The number of halogens is 2. The van der Waals surface area contributed by atoms with Gasteiger partial charge in [-0.3, -0.25) is 4.79 Å². The van der Waals surface area contributed by atoms with Crippen molar-refractivity contribution in [1.82, 2.24) is 4.90 Å². The summed E-state index contributed by atoms with van der Waals surface area (Å²) >= 11 is 3.20. The van der Waals surface area contributed by atoms with Crippen LogP contribution in [0.25, 0.3) is 0 Å². The lowest BCUT2D eigenvalue weighted by atomic mass is 10.0. The van der Waals surface area contributed by atoms with Crippen molar-refractivity contribution in [3.8, 4) is 5.75 Å². The molecule has 0 aliphatic carbocycles. The Morgan fingerprint density at radius 3 is 2.79 bits per heavy atom. The highest BCUT2D eigenvalue weighted by atomic mass is 79.9. The summed E-state index contributed by atoms with van der Waals surface area (Å²) in [5.74, 6) is -0.458. The molecule has 1 heterocycles. The number of benzene rings is 2. The average Bonchev–Trinajstić information content (AvgIpc) is 3.03. The number of likely N-dealkylation sites (tertiary alicyclic amines) is 1. The van der Waals surface area contributed by atoms with Gasteiger partial charge in [0.05, 0.1) is 0 Å². The number of rotatable bonds is 5. The molecule has 3 rings (SSSR count). The van der Waals surface area contributed by atoms with Crippen molar-refractivity contribution in [3.63, 3.8) is 0 Å². The fourth-order valence-electron chi connectivity index (χ4n) is 3.08. The second-order valence-electron chi connectivity index (χ2n) is 5.94. The monoisotopic (exact) mass is 391 g/mol. The predicted molar refractivity (Wildman–Crippen MR) is 94.5 cm³/mol. The number of ether oxygens (including phenoxy) is 1. The van der Waals surface area contributed by atoms with Crippen LogP contribution in [0.1, 0.15) is 18.4 Å². The van der Waals surface area contributed by atoms with Gasteiger partial charge >= 0.3 is 0 Å². The van der Waals surface area contributed by atoms with Crippen molar-refractivity contribution in [2.75, 3.05) is 13.2 Å². The normalized spacial score (nSPS) is 17.1. The number of nitrogens with zero attached hydrogens (tertiary/aromatic N) is 1. The van der Waals surface area contributed by atoms with Crippen molar-refractivity contribution in [2.24, 2.45) is 0 Å². The third-order valence-electron chi connectivity index (χ3n) is 4.26. The average molecular weight is 392 g/mol. The van der Waals surface area contributed by atoms with Crippen LogP contribution in [-0.2, 0) is 11.2 Å². The second kappa shape index (κ2) is 7.79. The summed E-state index contributed by atoms with van der Waals surface area (Å²) in [5.41, 5.74) is 1.22. The summed E-state index contributed by atoms with van der Waals surface area (Å²) in [7, 11) is 0. The van der Waals surface area contributed by atoms with Crippen molar-refractivity contribution < 1.29 is 13.9 Å². The van der Waals surface area contributed by atoms with E-state index in [1.165, 1.54) is 17.7 Å². The summed E-state index contributed by atoms with van der Waals surface area (Å²) in [6.45, 7) is 0.604. The van der Waals surface area contributed by atoms with Crippen LogP contribution in [0.5, 0.6) is 5.75 Å². The third kappa shape index (κ3) is 4.15. The Morgan fingerprint density at radius 2 is 2.04 bits per heavy atom. The Morgan fingerprint density at radius 1 is 1.25 bits per heavy atom. The molecule has 2 aromatic carbocycles. The summed E-state index contributed by atoms with van der Waals surface area (Å²) in [6.07, 6.45) is 2.84. The van der Waals surface area contributed by atoms with Gasteiger partial charge in [0.25, 0.3) is 5.91 Å². The highest BCUT2D eigenvalue weighted by Gasteiger charge is 2.29. The van der Waals surface area contributed by atoms with Crippen molar-refractivity contribution in [3.05, 3.63) is 64.4 Å². The Labute approximate surface area is 149 Å². The van der Waals surface area contributed by atoms with Gasteiger partial charge in [-0.2, -0.15) is 0 Å². The third-order valence-corrected chi connectivity index (χ3v) is 4.75. The second-order valence-corrected chi connectivity index (χ2v) is 6.85. The maximum atomic E-state index is 13.8. The molecule has 0 aromatic heterocycles. The van der Waals surface area contributed by atoms with E-state index in [1.807, 2.05) is 23.1 Å². The quantitative estimate of drug-likeness (QED) is 0.764. The molecule has 1 fully saturated rings. The van der Waals surface area contributed by atoms with Gasteiger partial charge in [0.15, 0.2) is 18.2 Å². The fourth-order valence-corrected chi connectivity index (χ4v) is 3.41. The molecule has 3 nitrogen and oxygen atoms in total. The van der Waals surface area contributed by atoms with Gasteiger partial charge < -0.3 is 9.64 Å². The van der Waals surface area contributed by atoms with Gasteiger partial charge in [0.1, 0.15) is 0 Å². The van der Waals surface area contributed by atoms with Gasteiger partial charge in [-0.15, -0.1) is 0 Å². The van der Waals surface area contributed by atoms with Crippen LogP contribution < -0.4 is 4.74 Å². The lowest BCUT2D eigenvalue weighted by Gasteiger charge is -2.25. The molecule has 0 saturated carbocycles. The van der Waals surface area contributed by atoms with Gasteiger partial charge in [-0.25, -0.2) is 4.39 Å². The number of carbonyl (C=O) groups excluding carboxylic acids is 1. The molecule has 1 aliphatic heterocycles. The smallest absolute Gasteiger partial charge is 0.260 e. The Hall–Kier alpha value is -1.88. The number of hydrogen-bond acceptors (Lipinski definition) is 2. The zero-order valence-corrected chi connectivity index (χ0v) is 14.8. The van der Waals surface area contributed by atoms with Gasteiger partial charge in [0, 0.05) is 17.1 Å². The zero-order valence-electron chi connectivity index (χ0n) is 13.3. The van der Waals surface area contributed by atoms with E-state index in [0.717, 1.165) is 25.8 Å². The van der Waals surface area contributed by atoms with Crippen LogP contribution in [0, 0.1) is 5.82 Å². The minimum atomic E-state index is -0.473. The number of amides is 1. The molecule has 1 aliphatic rings.